The Morgan fingerprint density at radius 3 is 2.87 bits per heavy atom. The van der Waals surface area contributed by atoms with Crippen molar-refractivity contribution in [3.8, 4) is 0 Å². The van der Waals surface area contributed by atoms with Gasteiger partial charge in [0.15, 0.2) is 0 Å². The summed E-state index contributed by atoms with van der Waals surface area (Å²) in [6.45, 7) is 0.592. The zero-order chi connectivity index (χ0) is 11.1. The quantitative estimate of drug-likeness (QED) is 0.539. The number of aliphatic hydroxyl groups is 1. The molecule has 1 saturated carbocycles. The molecule has 0 bridgehead atoms. The highest BCUT2D eigenvalue weighted by Crippen LogP contribution is 2.17. The summed E-state index contributed by atoms with van der Waals surface area (Å²) >= 11 is 0. The molecule has 0 aromatic carbocycles. The number of rotatable bonds is 4. The smallest absolute Gasteiger partial charge is 0.306 e. The minimum absolute atomic E-state index is 0.150. The van der Waals surface area contributed by atoms with Crippen molar-refractivity contribution in [3.05, 3.63) is 0 Å². The third-order valence-corrected chi connectivity index (χ3v) is 2.94. The van der Waals surface area contributed by atoms with Crippen molar-refractivity contribution in [2.24, 2.45) is 0 Å². The van der Waals surface area contributed by atoms with Gasteiger partial charge < -0.3 is 15.2 Å². The fourth-order valence-corrected chi connectivity index (χ4v) is 1.99. The number of methoxy groups -OCH3 is 1. The third-order valence-electron chi connectivity index (χ3n) is 2.94. The fourth-order valence-electron chi connectivity index (χ4n) is 1.99. The Morgan fingerprint density at radius 2 is 2.13 bits per heavy atom. The second-order valence-corrected chi connectivity index (χ2v) is 4.09. The number of ether oxygens (including phenoxy) is 1. The Labute approximate surface area is 91.0 Å². The van der Waals surface area contributed by atoms with Gasteiger partial charge in [-0.3, -0.25) is 4.79 Å². The first-order valence-corrected chi connectivity index (χ1v) is 5.72. The molecule has 0 aromatic heterocycles. The van der Waals surface area contributed by atoms with E-state index in [1.165, 1.54) is 13.5 Å². The maximum atomic E-state index is 10.9. The zero-order valence-electron chi connectivity index (χ0n) is 9.37. The summed E-state index contributed by atoms with van der Waals surface area (Å²) in [6, 6.07) is 0.150. The number of hydrogen-bond acceptors (Lipinski definition) is 4. The Hall–Kier alpha value is -0.610. The van der Waals surface area contributed by atoms with Gasteiger partial charge in [-0.2, -0.15) is 0 Å². The summed E-state index contributed by atoms with van der Waals surface area (Å²) in [4.78, 5) is 10.9. The average Bonchev–Trinajstić information content (AvgIpc) is 2.44. The van der Waals surface area contributed by atoms with Crippen LogP contribution in [0.4, 0.5) is 0 Å². The SMILES string of the molecule is COC(=O)CCNC1CCCCCC1O. The molecule has 1 aliphatic carbocycles. The van der Waals surface area contributed by atoms with Gasteiger partial charge in [-0.25, -0.2) is 0 Å². The number of hydrogen-bond donors (Lipinski definition) is 2. The predicted molar refractivity (Wildman–Crippen MR) is 57.5 cm³/mol. The van der Waals surface area contributed by atoms with E-state index in [0.29, 0.717) is 13.0 Å². The van der Waals surface area contributed by atoms with Crippen molar-refractivity contribution in [1.29, 1.82) is 0 Å². The molecule has 1 fully saturated rings. The van der Waals surface area contributed by atoms with Crippen LogP contribution in [0.25, 0.3) is 0 Å². The van der Waals surface area contributed by atoms with E-state index in [0.717, 1.165) is 25.7 Å². The van der Waals surface area contributed by atoms with Crippen LogP contribution < -0.4 is 5.32 Å². The van der Waals surface area contributed by atoms with E-state index >= 15 is 0 Å². The number of aliphatic hydroxyl groups excluding tert-OH is 1. The summed E-state index contributed by atoms with van der Waals surface area (Å²) in [5, 5.41) is 13.0. The third kappa shape index (κ3) is 4.62. The van der Waals surface area contributed by atoms with Crippen molar-refractivity contribution in [3.63, 3.8) is 0 Å². The maximum Gasteiger partial charge on any atom is 0.306 e. The highest BCUT2D eigenvalue weighted by atomic mass is 16.5. The van der Waals surface area contributed by atoms with Crippen LogP contribution in [0.15, 0.2) is 0 Å². The highest BCUT2D eigenvalue weighted by Gasteiger charge is 2.20. The molecule has 0 radical (unpaired) electrons. The molecule has 0 aromatic rings. The van der Waals surface area contributed by atoms with E-state index in [1.807, 2.05) is 0 Å². The molecule has 2 N–H and O–H groups in total. The van der Waals surface area contributed by atoms with E-state index in [4.69, 9.17) is 0 Å². The van der Waals surface area contributed by atoms with Crippen molar-refractivity contribution in [1.82, 2.24) is 5.32 Å². The largest absolute Gasteiger partial charge is 0.469 e. The number of carbonyl (C=O) groups is 1. The Balaban J connectivity index is 2.20. The van der Waals surface area contributed by atoms with E-state index in [-0.39, 0.29) is 18.1 Å². The van der Waals surface area contributed by atoms with Crippen molar-refractivity contribution in [2.45, 2.75) is 50.7 Å². The van der Waals surface area contributed by atoms with Gasteiger partial charge in [0.25, 0.3) is 0 Å². The number of nitrogens with one attached hydrogen (secondary N) is 1. The number of esters is 1. The molecule has 1 aliphatic rings. The van der Waals surface area contributed by atoms with Gasteiger partial charge in [-0.15, -0.1) is 0 Å². The lowest BCUT2D eigenvalue weighted by Crippen LogP contribution is -2.40. The van der Waals surface area contributed by atoms with Crippen LogP contribution in [0.3, 0.4) is 0 Å². The van der Waals surface area contributed by atoms with Gasteiger partial charge in [-0.05, 0) is 12.8 Å². The normalized spacial score (nSPS) is 27.1. The lowest BCUT2D eigenvalue weighted by molar-refractivity contribution is -0.140. The molecule has 4 heteroatoms. The van der Waals surface area contributed by atoms with Crippen LogP contribution in [-0.2, 0) is 9.53 Å². The monoisotopic (exact) mass is 215 g/mol. The van der Waals surface area contributed by atoms with Gasteiger partial charge in [0.05, 0.1) is 19.6 Å². The first-order chi connectivity index (χ1) is 7.24. The zero-order valence-corrected chi connectivity index (χ0v) is 9.37. The van der Waals surface area contributed by atoms with Crippen molar-refractivity contribution in [2.75, 3.05) is 13.7 Å². The van der Waals surface area contributed by atoms with Gasteiger partial charge in [0.2, 0.25) is 0 Å². The topological polar surface area (TPSA) is 58.6 Å². The van der Waals surface area contributed by atoms with E-state index in [9.17, 15) is 9.90 Å². The molecule has 0 heterocycles. The molecule has 15 heavy (non-hydrogen) atoms. The predicted octanol–water partition coefficient (Wildman–Crippen LogP) is 0.833. The minimum atomic E-state index is -0.259. The van der Waals surface area contributed by atoms with E-state index in [2.05, 4.69) is 10.1 Å². The summed E-state index contributed by atoms with van der Waals surface area (Å²) in [7, 11) is 1.39. The second kappa shape index (κ2) is 6.80. The molecule has 0 aliphatic heterocycles. The summed E-state index contributed by atoms with van der Waals surface area (Å²) in [6.07, 6.45) is 5.46. The van der Waals surface area contributed by atoms with Crippen LogP contribution >= 0.6 is 0 Å². The molecular formula is C11H21NO3. The van der Waals surface area contributed by atoms with Crippen LogP contribution in [0, 0.1) is 0 Å². The summed E-state index contributed by atoms with van der Waals surface area (Å²) in [5.74, 6) is -0.203. The molecule has 0 saturated heterocycles. The summed E-state index contributed by atoms with van der Waals surface area (Å²) < 4.78 is 4.55. The van der Waals surface area contributed by atoms with Gasteiger partial charge in [0.1, 0.15) is 0 Å². The molecule has 0 spiro atoms. The number of carbonyl (C=O) groups excluding carboxylic acids is 1. The van der Waals surface area contributed by atoms with Crippen LogP contribution in [-0.4, -0.2) is 36.9 Å². The lowest BCUT2D eigenvalue weighted by atomic mass is 10.1. The van der Waals surface area contributed by atoms with E-state index < -0.39 is 0 Å². The molecule has 4 nitrogen and oxygen atoms in total. The first-order valence-electron chi connectivity index (χ1n) is 5.72. The molecule has 1 rings (SSSR count). The molecule has 0 amide bonds. The lowest BCUT2D eigenvalue weighted by Gasteiger charge is -2.21. The second-order valence-electron chi connectivity index (χ2n) is 4.09. The van der Waals surface area contributed by atoms with Gasteiger partial charge in [-0.1, -0.05) is 19.3 Å². The van der Waals surface area contributed by atoms with Crippen molar-refractivity contribution >= 4 is 5.97 Å². The molecule has 88 valence electrons. The van der Waals surface area contributed by atoms with Crippen LogP contribution in [0.2, 0.25) is 0 Å². The Kier molecular flexibility index (Phi) is 5.65. The standard InChI is InChI=1S/C11H21NO3/c1-15-11(14)7-8-12-9-5-3-2-4-6-10(9)13/h9-10,12-13H,2-8H2,1H3. The maximum absolute atomic E-state index is 10.9. The van der Waals surface area contributed by atoms with Gasteiger partial charge in [0, 0.05) is 12.6 Å². The van der Waals surface area contributed by atoms with Gasteiger partial charge >= 0.3 is 5.97 Å². The van der Waals surface area contributed by atoms with Crippen LogP contribution in [0.5, 0.6) is 0 Å². The molecular weight excluding hydrogens is 194 g/mol. The first kappa shape index (κ1) is 12.5. The molecule has 2 atom stereocenters. The Morgan fingerprint density at radius 1 is 1.40 bits per heavy atom. The summed E-state index contributed by atoms with van der Waals surface area (Å²) in [5.41, 5.74) is 0. The minimum Gasteiger partial charge on any atom is -0.469 e. The molecule has 2 unspecified atom stereocenters. The Bertz CT molecular complexity index is 196. The fraction of sp³-hybridized carbons (Fsp3) is 0.909. The highest BCUT2D eigenvalue weighted by molar-refractivity contribution is 5.69. The van der Waals surface area contributed by atoms with Crippen LogP contribution in [0.1, 0.15) is 38.5 Å². The van der Waals surface area contributed by atoms with Crippen molar-refractivity contribution < 1.29 is 14.6 Å². The average molecular weight is 215 g/mol. The van der Waals surface area contributed by atoms with E-state index in [1.54, 1.807) is 0 Å².